The molecule has 1 aromatic rings. The Morgan fingerprint density at radius 2 is 2.12 bits per heavy atom. The van der Waals surface area contributed by atoms with Gasteiger partial charge in [-0.15, -0.1) is 0 Å². The van der Waals surface area contributed by atoms with Crippen LogP contribution in [-0.2, 0) is 21.9 Å². The van der Waals surface area contributed by atoms with Gasteiger partial charge in [0, 0.05) is 0 Å². The van der Waals surface area contributed by atoms with Crippen LogP contribution in [-0.4, -0.2) is 16.4 Å². The van der Waals surface area contributed by atoms with Crippen LogP contribution in [0.25, 0.3) is 0 Å². The van der Waals surface area contributed by atoms with Crippen LogP contribution in [0, 0.1) is 5.82 Å². The van der Waals surface area contributed by atoms with Crippen molar-refractivity contribution in [1.29, 1.82) is 0 Å². The smallest absolute Gasteiger partial charge is 0.303 e. The van der Waals surface area contributed by atoms with Crippen molar-refractivity contribution < 1.29 is 23.3 Å². The van der Waals surface area contributed by atoms with Crippen molar-refractivity contribution in [3.05, 3.63) is 35.1 Å². The number of phosphoric ester groups is 1. The van der Waals surface area contributed by atoms with E-state index in [2.05, 4.69) is 4.52 Å². The van der Waals surface area contributed by atoms with E-state index in [4.69, 9.17) is 9.79 Å². The standard InChI is InChI=1S/C10H14FO4P/c1-2-9-4-3-8(7-10(9)11)5-6-15-16(12,13)14/h3-4,7H,2,5-6H2,1H3,(H2,12,13,14). The Morgan fingerprint density at radius 3 is 2.62 bits per heavy atom. The molecule has 6 heteroatoms. The molecule has 0 atom stereocenters. The summed E-state index contributed by atoms with van der Waals surface area (Å²) in [7, 11) is -4.42. The third-order valence-electron chi connectivity index (χ3n) is 2.15. The third kappa shape index (κ3) is 4.41. The zero-order chi connectivity index (χ0) is 12.2. The molecule has 0 amide bonds. The summed E-state index contributed by atoms with van der Waals surface area (Å²) in [4.78, 5) is 16.9. The fraction of sp³-hybridized carbons (Fsp3) is 0.400. The highest BCUT2D eigenvalue weighted by Crippen LogP contribution is 2.35. The highest BCUT2D eigenvalue weighted by molar-refractivity contribution is 7.46. The Kier molecular flexibility index (Phi) is 4.62. The lowest BCUT2D eigenvalue weighted by atomic mass is 10.1. The molecule has 0 unspecified atom stereocenters. The Balaban J connectivity index is 2.56. The first kappa shape index (κ1) is 13.3. The van der Waals surface area contributed by atoms with Crippen LogP contribution in [0.2, 0.25) is 0 Å². The molecule has 2 N–H and O–H groups in total. The van der Waals surface area contributed by atoms with Gasteiger partial charge in [-0.2, -0.15) is 0 Å². The third-order valence-corrected chi connectivity index (χ3v) is 2.67. The Hall–Kier alpha value is -0.740. The molecule has 0 spiro atoms. The molecule has 0 aliphatic carbocycles. The van der Waals surface area contributed by atoms with Gasteiger partial charge in [-0.3, -0.25) is 4.52 Å². The average Bonchev–Trinajstić information content (AvgIpc) is 2.16. The largest absolute Gasteiger partial charge is 0.469 e. The van der Waals surface area contributed by atoms with Crippen molar-refractivity contribution in [2.45, 2.75) is 19.8 Å². The molecule has 16 heavy (non-hydrogen) atoms. The lowest BCUT2D eigenvalue weighted by Crippen LogP contribution is -1.98. The van der Waals surface area contributed by atoms with Gasteiger partial charge in [-0.25, -0.2) is 8.96 Å². The van der Waals surface area contributed by atoms with E-state index < -0.39 is 7.82 Å². The van der Waals surface area contributed by atoms with E-state index in [-0.39, 0.29) is 18.8 Å². The van der Waals surface area contributed by atoms with Crippen molar-refractivity contribution in [3.63, 3.8) is 0 Å². The molecule has 0 heterocycles. The van der Waals surface area contributed by atoms with E-state index in [1.165, 1.54) is 6.07 Å². The lowest BCUT2D eigenvalue weighted by molar-refractivity contribution is 0.199. The summed E-state index contributed by atoms with van der Waals surface area (Å²) in [6, 6.07) is 4.76. The number of aryl methyl sites for hydroxylation is 1. The molecule has 0 bridgehead atoms. The van der Waals surface area contributed by atoms with Gasteiger partial charge in [0.15, 0.2) is 0 Å². The van der Waals surface area contributed by atoms with Gasteiger partial charge in [-0.05, 0) is 30.0 Å². The zero-order valence-corrected chi connectivity index (χ0v) is 9.78. The fourth-order valence-electron chi connectivity index (χ4n) is 1.32. The van der Waals surface area contributed by atoms with Crippen LogP contribution in [0.1, 0.15) is 18.1 Å². The predicted molar refractivity (Wildman–Crippen MR) is 57.5 cm³/mol. The first-order valence-electron chi connectivity index (χ1n) is 4.90. The minimum Gasteiger partial charge on any atom is -0.303 e. The molecular weight excluding hydrogens is 234 g/mol. The second kappa shape index (κ2) is 5.55. The molecule has 4 nitrogen and oxygen atoms in total. The topological polar surface area (TPSA) is 66.8 Å². The summed E-state index contributed by atoms with van der Waals surface area (Å²) in [6.07, 6.45) is 0.886. The second-order valence-corrected chi connectivity index (χ2v) is 4.59. The summed E-state index contributed by atoms with van der Waals surface area (Å²) in [5.74, 6) is -0.295. The summed E-state index contributed by atoms with van der Waals surface area (Å²) in [5.41, 5.74) is 1.28. The van der Waals surface area contributed by atoms with E-state index >= 15 is 0 Å². The minimum atomic E-state index is -4.42. The van der Waals surface area contributed by atoms with E-state index in [9.17, 15) is 8.96 Å². The lowest BCUT2D eigenvalue weighted by Gasteiger charge is -2.06. The maximum Gasteiger partial charge on any atom is 0.469 e. The predicted octanol–water partition coefficient (Wildman–Crippen LogP) is 2.04. The molecule has 0 saturated carbocycles. The molecule has 0 aliphatic rings. The fourth-order valence-corrected chi connectivity index (χ4v) is 1.64. The molecule has 0 saturated heterocycles. The second-order valence-electron chi connectivity index (χ2n) is 3.35. The van der Waals surface area contributed by atoms with Gasteiger partial charge in [0.1, 0.15) is 5.82 Å². The van der Waals surface area contributed by atoms with E-state index in [0.29, 0.717) is 17.5 Å². The number of hydrogen-bond acceptors (Lipinski definition) is 2. The van der Waals surface area contributed by atoms with Gasteiger partial charge >= 0.3 is 7.82 Å². The minimum absolute atomic E-state index is 0.130. The summed E-state index contributed by atoms with van der Waals surface area (Å²) in [6.45, 7) is 1.73. The maximum absolute atomic E-state index is 13.3. The van der Waals surface area contributed by atoms with Crippen molar-refractivity contribution in [3.8, 4) is 0 Å². The molecule has 1 aromatic carbocycles. The highest BCUT2D eigenvalue weighted by atomic mass is 31.2. The van der Waals surface area contributed by atoms with Gasteiger partial charge < -0.3 is 9.79 Å². The monoisotopic (exact) mass is 248 g/mol. The first-order valence-corrected chi connectivity index (χ1v) is 6.43. The van der Waals surface area contributed by atoms with Gasteiger partial charge in [-0.1, -0.05) is 19.1 Å². The van der Waals surface area contributed by atoms with Crippen LogP contribution >= 0.6 is 7.82 Å². The SMILES string of the molecule is CCc1ccc(CCOP(=O)(O)O)cc1F. The number of phosphoric acid groups is 1. The quantitative estimate of drug-likeness (QED) is 0.782. The molecule has 0 radical (unpaired) electrons. The average molecular weight is 248 g/mol. The Labute approximate surface area is 93.3 Å². The molecule has 0 fully saturated rings. The van der Waals surface area contributed by atoms with Gasteiger partial charge in [0.25, 0.3) is 0 Å². The summed E-state index contributed by atoms with van der Waals surface area (Å²) >= 11 is 0. The number of halogens is 1. The number of rotatable bonds is 5. The molecule has 0 aliphatic heterocycles. The summed E-state index contributed by atoms with van der Waals surface area (Å²) < 4.78 is 28.0. The highest BCUT2D eigenvalue weighted by Gasteiger charge is 2.13. The maximum atomic E-state index is 13.3. The Morgan fingerprint density at radius 1 is 1.44 bits per heavy atom. The molecule has 0 aromatic heterocycles. The zero-order valence-electron chi connectivity index (χ0n) is 8.89. The van der Waals surface area contributed by atoms with Gasteiger partial charge in [0.05, 0.1) is 6.61 Å². The van der Waals surface area contributed by atoms with Gasteiger partial charge in [0.2, 0.25) is 0 Å². The van der Waals surface area contributed by atoms with Crippen LogP contribution < -0.4 is 0 Å². The van der Waals surface area contributed by atoms with Crippen molar-refractivity contribution >= 4 is 7.82 Å². The Bertz CT molecular complexity index is 402. The van der Waals surface area contributed by atoms with Crippen LogP contribution in [0.4, 0.5) is 4.39 Å². The van der Waals surface area contributed by atoms with Crippen molar-refractivity contribution in [2.75, 3.05) is 6.61 Å². The van der Waals surface area contributed by atoms with Crippen LogP contribution in [0.5, 0.6) is 0 Å². The van der Waals surface area contributed by atoms with E-state index in [1.807, 2.05) is 6.92 Å². The normalized spacial score (nSPS) is 11.8. The molecule has 1 rings (SSSR count). The van der Waals surface area contributed by atoms with Crippen LogP contribution in [0.3, 0.4) is 0 Å². The summed E-state index contributed by atoms with van der Waals surface area (Å²) in [5, 5.41) is 0. The van der Waals surface area contributed by atoms with Crippen LogP contribution in [0.15, 0.2) is 18.2 Å². The van der Waals surface area contributed by atoms with Crippen molar-refractivity contribution in [1.82, 2.24) is 0 Å². The van der Waals surface area contributed by atoms with E-state index in [0.717, 1.165) is 0 Å². The first-order chi connectivity index (χ1) is 7.42. The van der Waals surface area contributed by atoms with Crippen molar-refractivity contribution in [2.24, 2.45) is 0 Å². The van der Waals surface area contributed by atoms with E-state index in [1.54, 1.807) is 12.1 Å². The molecule has 90 valence electrons. The number of benzene rings is 1. The number of hydrogen-bond donors (Lipinski definition) is 2. The molecular formula is C10H14FO4P.